The monoisotopic (exact) mass is 432 g/mol. The number of fused-ring (bicyclic) bond motifs is 3. The minimum absolute atomic E-state index is 0.303. The van der Waals surface area contributed by atoms with Crippen molar-refractivity contribution in [3.05, 3.63) is 78.4 Å². The molecule has 0 amide bonds. The molecular formula is C26H30Zr. The maximum absolute atomic E-state index is 3.26. The molecule has 1 heteroatoms. The van der Waals surface area contributed by atoms with Crippen LogP contribution in [-0.2, 0) is 24.2 Å². The summed E-state index contributed by atoms with van der Waals surface area (Å²) < 4.78 is 1.51. The zero-order valence-electron chi connectivity index (χ0n) is 17.4. The Labute approximate surface area is 179 Å². The molecule has 1 aliphatic rings. The average Bonchev–Trinajstić information content (AvgIpc) is 3.18. The van der Waals surface area contributed by atoms with Crippen LogP contribution in [0.5, 0.6) is 0 Å². The van der Waals surface area contributed by atoms with E-state index in [0.717, 1.165) is 0 Å². The molecule has 0 aliphatic heterocycles. The van der Waals surface area contributed by atoms with Gasteiger partial charge in [0.15, 0.2) is 0 Å². The Morgan fingerprint density at radius 2 is 1.37 bits per heavy atom. The van der Waals surface area contributed by atoms with Crippen LogP contribution in [0.2, 0.25) is 0 Å². The third-order valence-corrected chi connectivity index (χ3v) is 4.32. The molecule has 0 heterocycles. The van der Waals surface area contributed by atoms with Crippen molar-refractivity contribution in [2.75, 3.05) is 0 Å². The van der Waals surface area contributed by atoms with Gasteiger partial charge in [0.25, 0.3) is 0 Å². The van der Waals surface area contributed by atoms with E-state index in [4.69, 9.17) is 0 Å². The minimum Gasteiger partial charge on any atom is -0.126 e. The van der Waals surface area contributed by atoms with E-state index in [1.165, 1.54) is 30.3 Å². The molecule has 0 aromatic heterocycles. The van der Waals surface area contributed by atoms with E-state index < -0.39 is 0 Å². The first-order valence-electron chi connectivity index (χ1n) is 9.55. The van der Waals surface area contributed by atoms with Gasteiger partial charge in [-0.25, -0.2) is 6.08 Å². The quantitative estimate of drug-likeness (QED) is 0.323. The van der Waals surface area contributed by atoms with Crippen LogP contribution >= 0.6 is 0 Å². The first-order valence-corrected chi connectivity index (χ1v) is 10.8. The Morgan fingerprint density at radius 3 is 1.70 bits per heavy atom. The third-order valence-electron chi connectivity index (χ3n) is 4.32. The zero-order valence-corrected chi connectivity index (χ0v) is 19.9. The fraction of sp³-hybridized carbons (Fsp3) is 0.308. The normalized spacial score (nSPS) is 15.7. The molecule has 4 rings (SSSR count). The van der Waals surface area contributed by atoms with Crippen molar-refractivity contribution in [3.63, 3.8) is 0 Å². The van der Waals surface area contributed by atoms with Gasteiger partial charge in [-0.15, -0.1) is 39.7 Å². The molecule has 1 aliphatic carbocycles. The molecule has 1 unspecified atom stereocenters. The summed E-state index contributed by atoms with van der Waals surface area (Å²) in [6, 6.07) is 19.3. The molecule has 0 fully saturated rings. The molecule has 0 N–H and O–H groups in total. The first kappa shape index (κ1) is 21.8. The average molecular weight is 434 g/mol. The van der Waals surface area contributed by atoms with Crippen LogP contribution < -0.4 is 0 Å². The van der Waals surface area contributed by atoms with Crippen LogP contribution in [0.25, 0.3) is 21.5 Å². The van der Waals surface area contributed by atoms with Crippen molar-refractivity contribution in [2.24, 2.45) is 11.3 Å². The summed E-state index contributed by atoms with van der Waals surface area (Å²) in [5.74, 6) is 0.522. The third kappa shape index (κ3) is 6.58. The molecule has 1 atom stereocenters. The van der Waals surface area contributed by atoms with E-state index in [1.807, 2.05) is 0 Å². The summed E-state index contributed by atoms with van der Waals surface area (Å²) in [5.41, 5.74) is 1.72. The fourth-order valence-electron chi connectivity index (χ4n) is 2.96. The van der Waals surface area contributed by atoms with E-state index in [1.54, 1.807) is 24.2 Å². The number of hydrogen-bond acceptors (Lipinski definition) is 0. The molecule has 0 saturated heterocycles. The van der Waals surface area contributed by atoms with Gasteiger partial charge in [0.05, 0.1) is 0 Å². The number of hydrogen-bond donors (Lipinski definition) is 0. The maximum atomic E-state index is 3.26. The van der Waals surface area contributed by atoms with E-state index >= 15 is 0 Å². The zero-order chi connectivity index (χ0) is 20.0. The largest absolute Gasteiger partial charge is 0.126 e. The van der Waals surface area contributed by atoms with Gasteiger partial charge in [0.2, 0.25) is 0 Å². The number of allylic oxidation sites excluding steroid dienone is 4. The van der Waals surface area contributed by atoms with Crippen molar-refractivity contribution >= 4 is 24.8 Å². The molecule has 3 aromatic rings. The minimum atomic E-state index is 0.303. The first-order chi connectivity index (χ1) is 12.7. The maximum Gasteiger partial charge on any atom is -0.0771 e. The van der Waals surface area contributed by atoms with Gasteiger partial charge in [-0.2, -0.15) is 11.6 Å². The Balaban J connectivity index is 0.000000167. The SMILES string of the molecule is CC1[C-]=CC(C(C)(C)C)=C1.C[C](C)=[Zr+2].c1ccc2c(c1)[cH-]c1ccccc12. The van der Waals surface area contributed by atoms with Crippen LogP contribution in [0.15, 0.2) is 72.3 Å². The van der Waals surface area contributed by atoms with Crippen molar-refractivity contribution in [1.29, 1.82) is 0 Å². The molecule has 0 radical (unpaired) electrons. The summed E-state index contributed by atoms with van der Waals surface area (Å²) in [5, 5.41) is 5.39. The number of benzene rings is 2. The van der Waals surface area contributed by atoms with Crippen molar-refractivity contribution in [1.82, 2.24) is 0 Å². The fourth-order valence-corrected chi connectivity index (χ4v) is 2.96. The molecule has 0 bridgehead atoms. The predicted octanol–water partition coefficient (Wildman–Crippen LogP) is 7.43. The van der Waals surface area contributed by atoms with Crippen molar-refractivity contribution < 1.29 is 24.2 Å². The molecule has 138 valence electrons. The Hall–Kier alpha value is -1.46. The second-order valence-electron chi connectivity index (χ2n) is 8.29. The Kier molecular flexibility index (Phi) is 7.81. The summed E-state index contributed by atoms with van der Waals surface area (Å²) >= 11 is 1.55. The summed E-state index contributed by atoms with van der Waals surface area (Å²) in [6.45, 7) is 13.1. The summed E-state index contributed by atoms with van der Waals surface area (Å²) in [7, 11) is 0. The molecule has 0 nitrogen and oxygen atoms in total. The van der Waals surface area contributed by atoms with Gasteiger partial charge < -0.3 is 0 Å². The summed E-state index contributed by atoms with van der Waals surface area (Å²) in [6.07, 6.45) is 7.65. The van der Waals surface area contributed by atoms with Gasteiger partial charge >= 0.3 is 41.3 Å². The molecule has 0 spiro atoms. The molecule has 3 aromatic carbocycles. The summed E-state index contributed by atoms with van der Waals surface area (Å²) in [4.78, 5) is 0. The molecule has 27 heavy (non-hydrogen) atoms. The van der Waals surface area contributed by atoms with Crippen molar-refractivity contribution in [2.45, 2.75) is 41.5 Å². The van der Waals surface area contributed by atoms with Crippen LogP contribution in [0.4, 0.5) is 0 Å². The predicted molar refractivity (Wildman–Crippen MR) is 118 cm³/mol. The van der Waals surface area contributed by atoms with Gasteiger partial charge in [-0.05, 0) is 0 Å². The Bertz CT molecular complexity index is 906. The van der Waals surface area contributed by atoms with Gasteiger partial charge in [0, 0.05) is 0 Å². The smallest absolute Gasteiger partial charge is 0.0771 e. The topological polar surface area (TPSA) is 0 Å². The van der Waals surface area contributed by atoms with Gasteiger partial charge in [-0.3, -0.25) is 6.08 Å². The number of rotatable bonds is 0. The van der Waals surface area contributed by atoms with E-state index in [2.05, 4.69) is 114 Å². The standard InChI is InChI=1S/C13H9.C10H15.C3H6.Zr/c1-3-7-12-10(5-1)9-11-6-2-4-8-13(11)12;1-8-5-6-9(7-8)10(2,3)4;1-3-2;/h1-9H;6-8H,1-4H3;1-2H3;/q2*-1;;+2. The molecule has 0 saturated carbocycles. The Morgan fingerprint density at radius 1 is 0.926 bits per heavy atom. The van der Waals surface area contributed by atoms with Crippen molar-refractivity contribution in [3.8, 4) is 0 Å². The van der Waals surface area contributed by atoms with E-state index in [9.17, 15) is 0 Å². The van der Waals surface area contributed by atoms with Crippen LogP contribution in [-0.4, -0.2) is 3.21 Å². The van der Waals surface area contributed by atoms with Gasteiger partial charge in [0.1, 0.15) is 0 Å². The van der Waals surface area contributed by atoms with Crippen LogP contribution in [0, 0.1) is 17.4 Å². The van der Waals surface area contributed by atoms with Gasteiger partial charge in [-0.1, -0.05) is 75.4 Å². The second kappa shape index (κ2) is 9.65. The van der Waals surface area contributed by atoms with E-state index in [0.29, 0.717) is 11.3 Å². The van der Waals surface area contributed by atoms with Crippen LogP contribution in [0.1, 0.15) is 41.5 Å². The second-order valence-corrected chi connectivity index (χ2v) is 10.7. The van der Waals surface area contributed by atoms with Crippen LogP contribution in [0.3, 0.4) is 0 Å². The molecular weight excluding hydrogens is 404 g/mol. The van der Waals surface area contributed by atoms with E-state index in [-0.39, 0.29) is 0 Å².